The third kappa shape index (κ3) is 2.45. The van der Waals surface area contributed by atoms with Crippen molar-refractivity contribution in [2.75, 3.05) is 19.6 Å². The van der Waals surface area contributed by atoms with Gasteiger partial charge in [-0.05, 0) is 32.4 Å². The van der Waals surface area contributed by atoms with Gasteiger partial charge in [-0.25, -0.2) is 0 Å². The molecule has 1 rings (SSSR count). The van der Waals surface area contributed by atoms with E-state index in [1.165, 1.54) is 0 Å². The number of carboxylic acid groups (broad SMARTS) is 1. The predicted molar refractivity (Wildman–Crippen MR) is 55.0 cm³/mol. The molecule has 0 aliphatic carbocycles. The minimum absolute atomic E-state index is 0.115. The minimum Gasteiger partial charge on any atom is -0.481 e. The monoisotopic (exact) mass is 200 g/mol. The van der Waals surface area contributed by atoms with Crippen molar-refractivity contribution in [3.63, 3.8) is 0 Å². The van der Waals surface area contributed by atoms with Gasteiger partial charge < -0.3 is 10.8 Å². The lowest BCUT2D eigenvalue weighted by molar-refractivity contribution is -0.143. The molecule has 3 N–H and O–H groups in total. The first-order chi connectivity index (χ1) is 6.56. The molecule has 0 amide bonds. The molecule has 1 saturated heterocycles. The molecule has 1 heterocycles. The van der Waals surface area contributed by atoms with E-state index in [0.29, 0.717) is 12.5 Å². The van der Waals surface area contributed by atoms with Crippen LogP contribution in [-0.4, -0.2) is 41.7 Å². The average molecular weight is 200 g/mol. The molecule has 3 unspecified atom stereocenters. The van der Waals surface area contributed by atoms with Crippen LogP contribution < -0.4 is 5.73 Å². The van der Waals surface area contributed by atoms with Crippen LogP contribution in [0.25, 0.3) is 0 Å². The fraction of sp³-hybridized carbons (Fsp3) is 0.900. The first-order valence-corrected chi connectivity index (χ1v) is 5.23. The van der Waals surface area contributed by atoms with Gasteiger partial charge in [0.15, 0.2) is 0 Å². The number of hydrogen-bond acceptors (Lipinski definition) is 3. The number of nitrogens with two attached hydrogens (primary N) is 1. The second-order valence-electron chi connectivity index (χ2n) is 4.25. The molecule has 0 bridgehead atoms. The predicted octanol–water partition coefficient (Wildman–Crippen LogP) is 0.376. The van der Waals surface area contributed by atoms with Crippen molar-refractivity contribution in [1.82, 2.24) is 4.90 Å². The molecule has 14 heavy (non-hydrogen) atoms. The maximum absolute atomic E-state index is 10.8. The Balaban J connectivity index is 2.46. The van der Waals surface area contributed by atoms with Crippen molar-refractivity contribution in [3.8, 4) is 0 Å². The zero-order chi connectivity index (χ0) is 10.7. The average Bonchev–Trinajstić information content (AvgIpc) is 2.63. The molecule has 1 aliphatic heterocycles. The van der Waals surface area contributed by atoms with Crippen LogP contribution in [0.3, 0.4) is 0 Å². The Morgan fingerprint density at radius 2 is 2.29 bits per heavy atom. The molecule has 0 saturated carbocycles. The van der Waals surface area contributed by atoms with E-state index in [1.807, 2.05) is 6.92 Å². The van der Waals surface area contributed by atoms with Gasteiger partial charge >= 0.3 is 5.97 Å². The molecule has 4 heteroatoms. The van der Waals surface area contributed by atoms with Crippen LogP contribution in [0.2, 0.25) is 0 Å². The highest BCUT2D eigenvalue weighted by atomic mass is 16.4. The summed E-state index contributed by atoms with van der Waals surface area (Å²) in [5.74, 6) is -0.460. The number of carbonyl (C=O) groups is 1. The summed E-state index contributed by atoms with van der Waals surface area (Å²) >= 11 is 0. The van der Waals surface area contributed by atoms with Gasteiger partial charge in [0.2, 0.25) is 0 Å². The van der Waals surface area contributed by atoms with Gasteiger partial charge in [-0.15, -0.1) is 0 Å². The van der Waals surface area contributed by atoms with Crippen molar-refractivity contribution in [3.05, 3.63) is 0 Å². The number of nitrogens with zero attached hydrogens (tertiary/aromatic N) is 1. The Morgan fingerprint density at radius 3 is 2.71 bits per heavy atom. The summed E-state index contributed by atoms with van der Waals surface area (Å²) in [6.45, 7) is 6.40. The molecular weight excluding hydrogens is 180 g/mol. The topological polar surface area (TPSA) is 66.6 Å². The lowest BCUT2D eigenvalue weighted by Crippen LogP contribution is -2.39. The number of rotatable bonds is 4. The number of hydrogen-bond donors (Lipinski definition) is 2. The smallest absolute Gasteiger partial charge is 0.307 e. The Kier molecular flexibility index (Phi) is 3.89. The van der Waals surface area contributed by atoms with Crippen LogP contribution in [0.15, 0.2) is 0 Å². The van der Waals surface area contributed by atoms with E-state index in [9.17, 15) is 4.79 Å². The van der Waals surface area contributed by atoms with E-state index in [2.05, 4.69) is 4.90 Å². The van der Waals surface area contributed by atoms with E-state index in [-0.39, 0.29) is 12.0 Å². The summed E-state index contributed by atoms with van der Waals surface area (Å²) < 4.78 is 0. The number of carboxylic acids is 1. The summed E-state index contributed by atoms with van der Waals surface area (Å²) in [6, 6.07) is 0.115. The third-order valence-corrected chi connectivity index (χ3v) is 3.34. The summed E-state index contributed by atoms with van der Waals surface area (Å²) in [7, 11) is 0. The van der Waals surface area contributed by atoms with Gasteiger partial charge in [0.1, 0.15) is 0 Å². The van der Waals surface area contributed by atoms with E-state index in [4.69, 9.17) is 10.8 Å². The van der Waals surface area contributed by atoms with E-state index >= 15 is 0 Å². The SMILES string of the molecule is CC(C(=O)O)C(C)N1CCC(CN)C1. The highest BCUT2D eigenvalue weighted by molar-refractivity contribution is 5.70. The Hall–Kier alpha value is -0.610. The fourth-order valence-corrected chi connectivity index (χ4v) is 1.95. The quantitative estimate of drug-likeness (QED) is 0.688. The molecule has 0 aromatic rings. The van der Waals surface area contributed by atoms with Crippen molar-refractivity contribution in [1.29, 1.82) is 0 Å². The molecule has 1 fully saturated rings. The van der Waals surface area contributed by atoms with Crippen molar-refractivity contribution < 1.29 is 9.90 Å². The third-order valence-electron chi connectivity index (χ3n) is 3.34. The minimum atomic E-state index is -0.714. The van der Waals surface area contributed by atoms with Crippen molar-refractivity contribution in [2.45, 2.75) is 26.3 Å². The van der Waals surface area contributed by atoms with Gasteiger partial charge in [-0.2, -0.15) is 0 Å². The molecule has 1 aliphatic rings. The largest absolute Gasteiger partial charge is 0.481 e. The van der Waals surface area contributed by atoms with Crippen LogP contribution in [-0.2, 0) is 4.79 Å². The Labute approximate surface area is 85.1 Å². The first kappa shape index (κ1) is 11.5. The zero-order valence-corrected chi connectivity index (χ0v) is 8.94. The lowest BCUT2D eigenvalue weighted by atomic mass is 10.0. The molecule has 0 aromatic carbocycles. The van der Waals surface area contributed by atoms with Crippen LogP contribution >= 0.6 is 0 Å². The van der Waals surface area contributed by atoms with Gasteiger partial charge in [0.25, 0.3) is 0 Å². The normalized spacial score (nSPS) is 27.5. The number of likely N-dealkylation sites (tertiary alicyclic amines) is 1. The van der Waals surface area contributed by atoms with Crippen LogP contribution in [0, 0.1) is 11.8 Å². The van der Waals surface area contributed by atoms with Crippen LogP contribution in [0.5, 0.6) is 0 Å². The maximum Gasteiger partial charge on any atom is 0.307 e. The Bertz CT molecular complexity index is 208. The fourth-order valence-electron chi connectivity index (χ4n) is 1.95. The molecule has 0 aromatic heterocycles. The van der Waals surface area contributed by atoms with E-state index in [0.717, 1.165) is 19.5 Å². The molecule has 0 spiro atoms. The van der Waals surface area contributed by atoms with Crippen LogP contribution in [0.1, 0.15) is 20.3 Å². The molecule has 4 nitrogen and oxygen atoms in total. The van der Waals surface area contributed by atoms with Gasteiger partial charge in [0.05, 0.1) is 5.92 Å². The standard InChI is InChI=1S/C10H20N2O2/c1-7(10(13)14)8(2)12-4-3-9(5-11)6-12/h7-9H,3-6,11H2,1-2H3,(H,13,14). The van der Waals surface area contributed by atoms with Crippen molar-refractivity contribution >= 4 is 5.97 Å². The van der Waals surface area contributed by atoms with Gasteiger partial charge in [0, 0.05) is 12.6 Å². The van der Waals surface area contributed by atoms with Gasteiger partial charge in [-0.3, -0.25) is 9.69 Å². The second-order valence-corrected chi connectivity index (χ2v) is 4.25. The molecule has 0 radical (unpaired) electrons. The highest BCUT2D eigenvalue weighted by Gasteiger charge is 2.30. The highest BCUT2D eigenvalue weighted by Crippen LogP contribution is 2.21. The summed E-state index contributed by atoms with van der Waals surface area (Å²) in [6.07, 6.45) is 1.10. The van der Waals surface area contributed by atoms with E-state index in [1.54, 1.807) is 6.92 Å². The Morgan fingerprint density at radius 1 is 1.64 bits per heavy atom. The molecule has 3 atom stereocenters. The van der Waals surface area contributed by atoms with Gasteiger partial charge in [-0.1, -0.05) is 6.92 Å². The maximum atomic E-state index is 10.8. The lowest BCUT2D eigenvalue weighted by Gasteiger charge is -2.27. The zero-order valence-electron chi connectivity index (χ0n) is 8.94. The van der Waals surface area contributed by atoms with E-state index < -0.39 is 5.97 Å². The second kappa shape index (κ2) is 4.75. The molecular formula is C10H20N2O2. The summed E-state index contributed by atoms with van der Waals surface area (Å²) in [5.41, 5.74) is 5.59. The summed E-state index contributed by atoms with van der Waals surface area (Å²) in [5, 5.41) is 8.88. The van der Waals surface area contributed by atoms with Crippen molar-refractivity contribution in [2.24, 2.45) is 17.6 Å². The first-order valence-electron chi connectivity index (χ1n) is 5.23. The molecule has 82 valence electrons. The summed E-state index contributed by atoms with van der Waals surface area (Å²) in [4.78, 5) is 13.0. The van der Waals surface area contributed by atoms with Crippen LogP contribution in [0.4, 0.5) is 0 Å². The number of aliphatic carboxylic acids is 1.